The highest BCUT2D eigenvalue weighted by atomic mass is 15.1. The summed E-state index contributed by atoms with van der Waals surface area (Å²) in [4.78, 5) is 5.85. The summed E-state index contributed by atoms with van der Waals surface area (Å²) >= 11 is 0. The second-order valence-electron chi connectivity index (χ2n) is 5.52. The van der Waals surface area contributed by atoms with Crippen LogP contribution in [0.2, 0.25) is 0 Å². The van der Waals surface area contributed by atoms with Crippen molar-refractivity contribution in [2.45, 2.75) is 38.6 Å². The van der Waals surface area contributed by atoms with E-state index in [-0.39, 0.29) is 0 Å². The Balaban J connectivity index is 1.89. The molecule has 1 aromatic carbocycles. The summed E-state index contributed by atoms with van der Waals surface area (Å²) in [7, 11) is 2.27. The fraction of sp³-hybridized carbons (Fsp3) is 0.500. The van der Waals surface area contributed by atoms with Crippen LogP contribution in [0.5, 0.6) is 0 Å². The number of hydrogen-bond donors (Lipinski definition) is 1. The topological polar surface area (TPSA) is 19.0 Å². The summed E-state index contributed by atoms with van der Waals surface area (Å²) in [5, 5.41) is 1.43. The molecule has 0 saturated heterocycles. The summed E-state index contributed by atoms with van der Waals surface area (Å²) in [6, 6.07) is 7.51. The van der Waals surface area contributed by atoms with Gasteiger partial charge in [0, 0.05) is 23.1 Å². The fourth-order valence-electron chi connectivity index (χ4n) is 3.31. The Hall–Kier alpha value is -1.28. The zero-order valence-electron chi connectivity index (χ0n) is 11.4. The first-order chi connectivity index (χ1) is 8.79. The molecule has 1 unspecified atom stereocenters. The molecular formula is C16H22N2. The summed E-state index contributed by atoms with van der Waals surface area (Å²) < 4.78 is 0. The van der Waals surface area contributed by atoms with Crippen molar-refractivity contribution in [2.24, 2.45) is 0 Å². The summed E-state index contributed by atoms with van der Waals surface area (Å²) in [5.41, 5.74) is 4.42. The Morgan fingerprint density at radius 1 is 1.33 bits per heavy atom. The Morgan fingerprint density at radius 2 is 2.22 bits per heavy atom. The van der Waals surface area contributed by atoms with Crippen molar-refractivity contribution >= 4 is 10.9 Å². The Bertz CT molecular complexity index is 541. The van der Waals surface area contributed by atoms with Gasteiger partial charge >= 0.3 is 0 Å². The van der Waals surface area contributed by atoms with Crippen molar-refractivity contribution < 1.29 is 0 Å². The Morgan fingerprint density at radius 3 is 3.06 bits per heavy atom. The monoisotopic (exact) mass is 242 g/mol. The van der Waals surface area contributed by atoms with Crippen molar-refractivity contribution in [3.05, 3.63) is 35.5 Å². The molecule has 1 heterocycles. The second-order valence-corrected chi connectivity index (χ2v) is 5.52. The van der Waals surface area contributed by atoms with Gasteiger partial charge in [-0.1, -0.05) is 13.0 Å². The molecule has 0 fully saturated rings. The highest BCUT2D eigenvalue weighted by Gasteiger charge is 2.22. The maximum Gasteiger partial charge on any atom is 0.0456 e. The number of nitrogens with zero attached hydrogens (tertiary/aromatic N) is 1. The largest absolute Gasteiger partial charge is 0.361 e. The van der Waals surface area contributed by atoms with E-state index < -0.39 is 0 Å². The minimum absolute atomic E-state index is 0.730. The van der Waals surface area contributed by atoms with Gasteiger partial charge < -0.3 is 9.88 Å². The Labute approximate surface area is 109 Å². The van der Waals surface area contributed by atoms with Crippen LogP contribution in [-0.4, -0.2) is 29.5 Å². The zero-order chi connectivity index (χ0) is 12.5. The van der Waals surface area contributed by atoms with Gasteiger partial charge in [0.25, 0.3) is 0 Å². The lowest BCUT2D eigenvalue weighted by molar-refractivity contribution is 0.222. The fourth-order valence-corrected chi connectivity index (χ4v) is 3.31. The number of aromatic amines is 1. The van der Waals surface area contributed by atoms with Gasteiger partial charge in [0.1, 0.15) is 0 Å². The lowest BCUT2D eigenvalue weighted by Gasteiger charge is -2.32. The third kappa shape index (κ3) is 1.95. The highest BCUT2D eigenvalue weighted by molar-refractivity contribution is 5.84. The normalized spacial score (nSPS) is 19.4. The maximum absolute atomic E-state index is 3.31. The molecule has 0 bridgehead atoms. The quantitative estimate of drug-likeness (QED) is 0.874. The molecule has 1 N–H and O–H groups in total. The number of hydrogen-bond acceptors (Lipinski definition) is 1. The predicted octanol–water partition coefficient (Wildman–Crippen LogP) is 3.37. The number of likely N-dealkylation sites (N-methyl/N-ethyl adjacent to an activating group) is 1. The van der Waals surface area contributed by atoms with Gasteiger partial charge in [0.05, 0.1) is 0 Å². The van der Waals surface area contributed by atoms with Crippen LogP contribution in [-0.2, 0) is 12.8 Å². The lowest BCUT2D eigenvalue weighted by atomic mass is 9.86. The molecule has 1 atom stereocenters. The van der Waals surface area contributed by atoms with E-state index in [1.54, 1.807) is 11.1 Å². The van der Waals surface area contributed by atoms with Gasteiger partial charge in [-0.15, -0.1) is 0 Å². The van der Waals surface area contributed by atoms with Gasteiger partial charge in [-0.3, -0.25) is 0 Å². The average Bonchev–Trinajstić information content (AvgIpc) is 2.87. The minimum Gasteiger partial charge on any atom is -0.361 e. The van der Waals surface area contributed by atoms with Crippen LogP contribution >= 0.6 is 0 Å². The first-order valence-corrected chi connectivity index (χ1v) is 7.07. The third-order valence-electron chi connectivity index (χ3n) is 4.33. The maximum atomic E-state index is 3.31. The van der Waals surface area contributed by atoms with E-state index in [1.165, 1.54) is 43.1 Å². The number of fused-ring (bicyclic) bond motifs is 3. The molecule has 1 aliphatic carbocycles. The van der Waals surface area contributed by atoms with Crippen molar-refractivity contribution in [1.29, 1.82) is 0 Å². The average molecular weight is 242 g/mol. The summed E-state index contributed by atoms with van der Waals surface area (Å²) in [5.74, 6) is 0. The van der Waals surface area contributed by atoms with Crippen LogP contribution in [0.3, 0.4) is 0 Å². The van der Waals surface area contributed by atoms with E-state index in [4.69, 9.17) is 0 Å². The van der Waals surface area contributed by atoms with Gasteiger partial charge in [0.15, 0.2) is 0 Å². The standard InChI is InChI=1S/C16H22N2/c1-3-10-18(2)13-5-6-14-12(11-13)4-7-16-15(14)8-9-17-16/h4,7-9,13,17H,3,5-6,10-11H2,1-2H3. The van der Waals surface area contributed by atoms with E-state index >= 15 is 0 Å². The molecule has 1 aliphatic rings. The molecule has 96 valence electrons. The molecule has 1 aromatic heterocycles. The highest BCUT2D eigenvalue weighted by Crippen LogP contribution is 2.30. The smallest absolute Gasteiger partial charge is 0.0456 e. The first kappa shape index (κ1) is 11.8. The van der Waals surface area contributed by atoms with Crippen LogP contribution in [0.1, 0.15) is 30.9 Å². The van der Waals surface area contributed by atoms with Crippen LogP contribution in [0.4, 0.5) is 0 Å². The van der Waals surface area contributed by atoms with Crippen LogP contribution in [0.15, 0.2) is 24.4 Å². The second kappa shape index (κ2) is 4.77. The molecule has 2 heteroatoms. The molecule has 0 aliphatic heterocycles. The molecular weight excluding hydrogens is 220 g/mol. The molecule has 3 rings (SSSR count). The zero-order valence-corrected chi connectivity index (χ0v) is 11.4. The van der Waals surface area contributed by atoms with Crippen molar-refractivity contribution in [2.75, 3.05) is 13.6 Å². The first-order valence-electron chi connectivity index (χ1n) is 7.07. The van der Waals surface area contributed by atoms with Crippen molar-refractivity contribution in [3.63, 3.8) is 0 Å². The van der Waals surface area contributed by atoms with Crippen molar-refractivity contribution in [3.8, 4) is 0 Å². The molecule has 0 spiro atoms. The SMILES string of the molecule is CCCN(C)C1CCc2c(ccc3[nH]ccc23)C1. The van der Waals surface area contributed by atoms with Crippen LogP contribution < -0.4 is 0 Å². The number of aromatic nitrogens is 1. The molecule has 0 radical (unpaired) electrons. The molecule has 0 amide bonds. The van der Waals surface area contributed by atoms with Gasteiger partial charge in [-0.2, -0.15) is 0 Å². The number of H-pyrrole nitrogens is 1. The summed E-state index contributed by atoms with van der Waals surface area (Å²) in [6.45, 7) is 3.48. The summed E-state index contributed by atoms with van der Waals surface area (Å²) in [6.07, 6.45) is 7.04. The van der Waals surface area contributed by atoms with Gasteiger partial charge in [0.2, 0.25) is 0 Å². The van der Waals surface area contributed by atoms with E-state index in [0.717, 1.165) is 6.04 Å². The van der Waals surface area contributed by atoms with E-state index in [2.05, 4.69) is 48.3 Å². The molecule has 2 nitrogen and oxygen atoms in total. The van der Waals surface area contributed by atoms with Crippen LogP contribution in [0.25, 0.3) is 10.9 Å². The molecule has 0 saturated carbocycles. The minimum atomic E-state index is 0.730. The number of rotatable bonds is 3. The van der Waals surface area contributed by atoms with Crippen molar-refractivity contribution in [1.82, 2.24) is 9.88 Å². The van der Waals surface area contributed by atoms with Gasteiger partial charge in [-0.25, -0.2) is 0 Å². The molecule has 2 aromatic rings. The van der Waals surface area contributed by atoms with Gasteiger partial charge in [-0.05, 0) is 62.5 Å². The Kier molecular flexibility index (Phi) is 3.13. The predicted molar refractivity (Wildman–Crippen MR) is 77.0 cm³/mol. The molecule has 18 heavy (non-hydrogen) atoms. The van der Waals surface area contributed by atoms with E-state index in [9.17, 15) is 0 Å². The lowest BCUT2D eigenvalue weighted by Crippen LogP contribution is -2.36. The number of benzene rings is 1. The third-order valence-corrected chi connectivity index (χ3v) is 4.33. The van der Waals surface area contributed by atoms with Crippen LogP contribution in [0, 0.1) is 0 Å². The number of nitrogens with one attached hydrogen (secondary N) is 1. The van der Waals surface area contributed by atoms with E-state index in [0.29, 0.717) is 0 Å². The number of aryl methyl sites for hydroxylation is 1. The van der Waals surface area contributed by atoms with E-state index in [1.807, 2.05) is 0 Å².